The van der Waals surface area contributed by atoms with Crippen LogP contribution in [0.25, 0.3) is 22.3 Å². The van der Waals surface area contributed by atoms with Gasteiger partial charge in [0.25, 0.3) is 5.91 Å². The summed E-state index contributed by atoms with van der Waals surface area (Å²) < 4.78 is 37.3. The van der Waals surface area contributed by atoms with Gasteiger partial charge in [-0.3, -0.25) is 10.0 Å². The van der Waals surface area contributed by atoms with Gasteiger partial charge >= 0.3 is 0 Å². The molecule has 40 heavy (non-hydrogen) atoms. The number of carbonyl (C=O) groups excluding carboxylic acids is 1. The van der Waals surface area contributed by atoms with E-state index in [1.54, 1.807) is 54.9 Å². The predicted octanol–water partition coefficient (Wildman–Crippen LogP) is 5.50. The molecule has 0 unspecified atom stereocenters. The number of aryl methyl sites for hydroxylation is 1. The Hall–Kier alpha value is -4.97. The average Bonchev–Trinajstić information content (AvgIpc) is 3.30. The molecule has 3 heterocycles. The van der Waals surface area contributed by atoms with Gasteiger partial charge in [0.05, 0.1) is 17.9 Å². The number of rotatable bonds is 8. The van der Waals surface area contributed by atoms with Crippen molar-refractivity contribution in [1.29, 1.82) is 0 Å². The lowest BCUT2D eigenvalue weighted by Crippen LogP contribution is -2.18. The van der Waals surface area contributed by atoms with Crippen LogP contribution in [0.1, 0.15) is 41.6 Å². The van der Waals surface area contributed by atoms with Gasteiger partial charge in [-0.05, 0) is 62.7 Å². The first-order chi connectivity index (χ1) is 19.2. The number of anilines is 2. The summed E-state index contributed by atoms with van der Waals surface area (Å²) in [6.07, 6.45) is 2.52. The fraction of sp³-hybridized carbons (Fsp3) is 0.179. The van der Waals surface area contributed by atoms with Crippen LogP contribution >= 0.6 is 0 Å². The predicted molar refractivity (Wildman–Crippen MR) is 143 cm³/mol. The van der Waals surface area contributed by atoms with Crippen LogP contribution in [0.5, 0.6) is 5.75 Å². The molecule has 0 fully saturated rings. The smallest absolute Gasteiger partial charge is 0.274 e. The van der Waals surface area contributed by atoms with Crippen molar-refractivity contribution in [3.05, 3.63) is 89.5 Å². The van der Waals surface area contributed by atoms with Crippen molar-refractivity contribution in [2.45, 2.75) is 33.4 Å². The Labute approximate surface area is 227 Å². The number of amides is 1. The molecular formula is C28H25F2N7O3. The van der Waals surface area contributed by atoms with Crippen molar-refractivity contribution in [3.8, 4) is 17.0 Å². The summed E-state index contributed by atoms with van der Waals surface area (Å²) in [4.78, 5) is 28.3. The van der Waals surface area contributed by atoms with Crippen molar-refractivity contribution in [2.24, 2.45) is 0 Å². The fourth-order valence-corrected chi connectivity index (χ4v) is 4.32. The molecule has 3 aromatic heterocycles. The Kier molecular flexibility index (Phi) is 7.34. The van der Waals surface area contributed by atoms with Crippen molar-refractivity contribution in [2.75, 3.05) is 5.32 Å². The zero-order valence-electron chi connectivity index (χ0n) is 21.8. The van der Waals surface area contributed by atoms with E-state index in [9.17, 15) is 13.6 Å². The van der Waals surface area contributed by atoms with Gasteiger partial charge in [-0.15, -0.1) is 0 Å². The summed E-state index contributed by atoms with van der Waals surface area (Å²) in [7, 11) is 0. The first-order valence-electron chi connectivity index (χ1n) is 12.3. The lowest BCUT2D eigenvalue weighted by atomic mass is 10.1. The largest absolute Gasteiger partial charge is 0.487 e. The number of imidazole rings is 1. The topological polar surface area (TPSA) is 127 Å². The second kappa shape index (κ2) is 11.0. The molecule has 0 radical (unpaired) electrons. The molecule has 0 aliphatic rings. The summed E-state index contributed by atoms with van der Waals surface area (Å²) in [6.45, 7) is 5.96. The number of halogens is 2. The maximum absolute atomic E-state index is 14.9. The minimum absolute atomic E-state index is 0.0331. The first kappa shape index (κ1) is 26.6. The van der Waals surface area contributed by atoms with Gasteiger partial charge in [-0.25, -0.2) is 34.2 Å². The standard InChI is InChI=1S/C28H25F2N7O3/c1-15(2)37-16(3)33-26-21(29)10-19(11-23(26)37)25-22(30)13-32-28(35-25)34-24-9-8-20(12-31-24)40-14-17-4-6-18(7-5-17)27(38)36-39/h4-13,15,39H,14H2,1-3H3,(H,36,38)(H,31,32,34,35). The molecule has 12 heteroatoms. The Morgan fingerprint density at radius 3 is 2.48 bits per heavy atom. The van der Waals surface area contributed by atoms with E-state index in [1.807, 2.05) is 18.4 Å². The van der Waals surface area contributed by atoms with Crippen LogP contribution in [0.2, 0.25) is 0 Å². The van der Waals surface area contributed by atoms with Crippen LogP contribution in [-0.4, -0.2) is 35.6 Å². The van der Waals surface area contributed by atoms with Gasteiger partial charge in [0.2, 0.25) is 5.95 Å². The van der Waals surface area contributed by atoms with E-state index in [0.717, 1.165) is 11.8 Å². The maximum Gasteiger partial charge on any atom is 0.274 e. The number of benzene rings is 2. The summed E-state index contributed by atoms with van der Waals surface area (Å²) in [5, 5.41) is 11.6. The summed E-state index contributed by atoms with van der Waals surface area (Å²) in [5.41, 5.74) is 3.68. The molecule has 1 amide bonds. The zero-order valence-corrected chi connectivity index (χ0v) is 21.8. The van der Waals surface area contributed by atoms with Crippen LogP contribution in [0.15, 0.2) is 60.9 Å². The Balaban J connectivity index is 1.31. The van der Waals surface area contributed by atoms with Crippen LogP contribution in [0.3, 0.4) is 0 Å². The molecule has 0 aliphatic heterocycles. The summed E-state index contributed by atoms with van der Waals surface area (Å²) in [6, 6.07) is 12.8. The van der Waals surface area contributed by atoms with E-state index in [1.165, 1.54) is 12.3 Å². The van der Waals surface area contributed by atoms with Gasteiger partial charge in [0.15, 0.2) is 11.6 Å². The number of aromatic nitrogens is 5. The number of hydroxylamine groups is 1. The second-order valence-corrected chi connectivity index (χ2v) is 9.27. The normalized spacial score (nSPS) is 11.2. The highest BCUT2D eigenvalue weighted by Crippen LogP contribution is 2.30. The van der Waals surface area contributed by atoms with E-state index < -0.39 is 17.5 Å². The third kappa shape index (κ3) is 5.43. The lowest BCUT2D eigenvalue weighted by molar-refractivity contribution is 0.0706. The maximum atomic E-state index is 14.9. The quantitative estimate of drug-likeness (QED) is 0.172. The van der Waals surface area contributed by atoms with Crippen molar-refractivity contribution >= 4 is 28.7 Å². The van der Waals surface area contributed by atoms with E-state index in [4.69, 9.17) is 9.94 Å². The molecule has 0 spiro atoms. The van der Waals surface area contributed by atoms with Gasteiger partial charge in [0.1, 0.15) is 35.2 Å². The van der Waals surface area contributed by atoms with Crippen LogP contribution in [-0.2, 0) is 6.61 Å². The monoisotopic (exact) mass is 545 g/mol. The van der Waals surface area contributed by atoms with Gasteiger partial charge in [0, 0.05) is 17.2 Å². The molecule has 0 aliphatic carbocycles. The SMILES string of the molecule is Cc1nc2c(F)cc(-c3nc(Nc4ccc(OCc5ccc(C(=O)NO)cc5)cn4)ncc3F)cc2n1C(C)C. The van der Waals surface area contributed by atoms with Crippen molar-refractivity contribution < 1.29 is 23.5 Å². The van der Waals surface area contributed by atoms with Gasteiger partial charge in [-0.1, -0.05) is 12.1 Å². The number of pyridine rings is 1. The molecule has 2 aromatic carbocycles. The lowest BCUT2D eigenvalue weighted by Gasteiger charge is -2.12. The summed E-state index contributed by atoms with van der Waals surface area (Å²) >= 11 is 0. The third-order valence-electron chi connectivity index (χ3n) is 6.16. The second-order valence-electron chi connectivity index (χ2n) is 9.27. The molecule has 0 saturated heterocycles. The molecule has 5 rings (SSSR count). The van der Waals surface area contributed by atoms with E-state index >= 15 is 0 Å². The highest BCUT2D eigenvalue weighted by atomic mass is 19.1. The molecular weight excluding hydrogens is 520 g/mol. The highest BCUT2D eigenvalue weighted by molar-refractivity contribution is 5.93. The Morgan fingerprint density at radius 2 is 1.80 bits per heavy atom. The van der Waals surface area contributed by atoms with Gasteiger partial charge in [-0.2, -0.15) is 0 Å². The molecule has 0 bridgehead atoms. The minimum atomic E-state index is -0.696. The number of ether oxygens (including phenoxy) is 1. The molecule has 5 aromatic rings. The molecule has 0 saturated carbocycles. The summed E-state index contributed by atoms with van der Waals surface area (Å²) in [5.74, 6) is -0.235. The van der Waals surface area contributed by atoms with Crippen molar-refractivity contribution in [1.82, 2.24) is 30.0 Å². The minimum Gasteiger partial charge on any atom is -0.487 e. The number of nitrogens with one attached hydrogen (secondary N) is 2. The molecule has 10 nitrogen and oxygen atoms in total. The van der Waals surface area contributed by atoms with Crippen LogP contribution < -0.4 is 15.5 Å². The Morgan fingerprint density at radius 1 is 1.02 bits per heavy atom. The number of hydrogen-bond donors (Lipinski definition) is 3. The van der Waals surface area contributed by atoms with E-state index in [0.29, 0.717) is 28.5 Å². The number of nitrogens with zero attached hydrogens (tertiary/aromatic N) is 5. The fourth-order valence-electron chi connectivity index (χ4n) is 4.32. The Bertz CT molecular complexity index is 1690. The van der Waals surface area contributed by atoms with Gasteiger partial charge < -0.3 is 14.6 Å². The van der Waals surface area contributed by atoms with Crippen LogP contribution in [0.4, 0.5) is 20.5 Å². The number of carbonyl (C=O) groups is 1. The number of hydrogen-bond acceptors (Lipinski definition) is 8. The molecule has 3 N–H and O–H groups in total. The first-order valence-corrected chi connectivity index (χ1v) is 12.3. The third-order valence-corrected chi connectivity index (χ3v) is 6.16. The average molecular weight is 546 g/mol. The van der Waals surface area contributed by atoms with E-state index in [2.05, 4.69) is 25.3 Å². The number of fused-ring (bicyclic) bond motifs is 1. The highest BCUT2D eigenvalue weighted by Gasteiger charge is 2.18. The van der Waals surface area contributed by atoms with Crippen LogP contribution in [0, 0.1) is 18.6 Å². The van der Waals surface area contributed by atoms with Crippen molar-refractivity contribution in [3.63, 3.8) is 0 Å². The molecule has 204 valence electrons. The molecule has 0 atom stereocenters. The van der Waals surface area contributed by atoms with E-state index in [-0.39, 0.29) is 35.4 Å². The zero-order chi connectivity index (χ0) is 28.4.